The summed E-state index contributed by atoms with van der Waals surface area (Å²) < 4.78 is 11.2. The van der Waals surface area contributed by atoms with E-state index in [1.807, 2.05) is 52.2 Å². The van der Waals surface area contributed by atoms with Crippen molar-refractivity contribution in [2.75, 3.05) is 20.3 Å². The van der Waals surface area contributed by atoms with E-state index in [9.17, 15) is 4.79 Å². The molecule has 2 aromatic rings. The molecule has 0 unspecified atom stereocenters. The molecule has 0 fully saturated rings. The fourth-order valence-corrected chi connectivity index (χ4v) is 3.67. The number of likely N-dealkylation sites (N-methyl/N-ethyl adjacent to an activating group) is 1. The maximum absolute atomic E-state index is 13.0. The summed E-state index contributed by atoms with van der Waals surface area (Å²) in [7, 11) is 1.83. The maximum Gasteiger partial charge on any atom is 0.232 e. The van der Waals surface area contributed by atoms with E-state index in [1.54, 1.807) is 16.2 Å². The SMILES string of the molecule is Cc1ncc(CN(C)C(=O)C(C)(C)c2ccc3c(c2)OCCO3)s1. The summed E-state index contributed by atoms with van der Waals surface area (Å²) in [6, 6.07) is 5.73. The summed E-state index contributed by atoms with van der Waals surface area (Å²) in [5, 5.41) is 1.01. The van der Waals surface area contributed by atoms with Crippen LogP contribution in [0.2, 0.25) is 0 Å². The van der Waals surface area contributed by atoms with Gasteiger partial charge in [-0.05, 0) is 38.5 Å². The smallest absolute Gasteiger partial charge is 0.232 e. The fraction of sp³-hybridized carbons (Fsp3) is 0.444. The van der Waals surface area contributed by atoms with Crippen molar-refractivity contribution < 1.29 is 14.3 Å². The lowest BCUT2D eigenvalue weighted by Gasteiger charge is -2.30. The molecule has 1 amide bonds. The monoisotopic (exact) mass is 346 g/mol. The number of ether oxygens (including phenoxy) is 2. The molecule has 3 rings (SSSR count). The molecule has 2 heterocycles. The van der Waals surface area contributed by atoms with E-state index in [4.69, 9.17) is 9.47 Å². The van der Waals surface area contributed by atoms with E-state index in [2.05, 4.69) is 4.98 Å². The number of aryl methyl sites for hydroxylation is 1. The molecule has 1 aliphatic heterocycles. The van der Waals surface area contributed by atoms with Gasteiger partial charge in [-0.15, -0.1) is 11.3 Å². The van der Waals surface area contributed by atoms with E-state index < -0.39 is 5.41 Å². The lowest BCUT2D eigenvalue weighted by molar-refractivity contribution is -0.135. The lowest BCUT2D eigenvalue weighted by Crippen LogP contribution is -2.40. The first kappa shape index (κ1) is 16.8. The van der Waals surface area contributed by atoms with Gasteiger partial charge in [0.2, 0.25) is 5.91 Å². The summed E-state index contributed by atoms with van der Waals surface area (Å²) >= 11 is 1.62. The van der Waals surface area contributed by atoms with Gasteiger partial charge in [-0.2, -0.15) is 0 Å². The van der Waals surface area contributed by atoms with Gasteiger partial charge in [0.15, 0.2) is 11.5 Å². The molecule has 1 aromatic carbocycles. The molecule has 0 radical (unpaired) electrons. The highest BCUT2D eigenvalue weighted by molar-refractivity contribution is 7.11. The van der Waals surface area contributed by atoms with E-state index in [0.29, 0.717) is 25.5 Å². The average molecular weight is 346 g/mol. The Morgan fingerprint density at radius 2 is 2.00 bits per heavy atom. The highest BCUT2D eigenvalue weighted by Crippen LogP contribution is 2.36. The molecule has 0 atom stereocenters. The van der Waals surface area contributed by atoms with Gasteiger partial charge in [-0.1, -0.05) is 6.07 Å². The Morgan fingerprint density at radius 3 is 2.67 bits per heavy atom. The number of benzene rings is 1. The van der Waals surface area contributed by atoms with Gasteiger partial charge < -0.3 is 14.4 Å². The molecule has 0 saturated heterocycles. The first-order valence-electron chi connectivity index (χ1n) is 7.95. The number of thiazole rings is 1. The van der Waals surface area contributed by atoms with Gasteiger partial charge in [0.05, 0.1) is 17.0 Å². The molecule has 6 heteroatoms. The number of rotatable bonds is 4. The second-order valence-corrected chi connectivity index (χ2v) is 7.81. The van der Waals surface area contributed by atoms with Crippen LogP contribution >= 0.6 is 11.3 Å². The largest absolute Gasteiger partial charge is 0.486 e. The van der Waals surface area contributed by atoms with Crippen LogP contribution in [-0.2, 0) is 16.8 Å². The Labute approximate surface area is 146 Å². The molecule has 24 heavy (non-hydrogen) atoms. The van der Waals surface area contributed by atoms with Crippen molar-refractivity contribution in [3.8, 4) is 11.5 Å². The van der Waals surface area contributed by atoms with Crippen molar-refractivity contribution in [1.29, 1.82) is 0 Å². The molecular formula is C18H22N2O3S. The standard InChI is InChI=1S/C18H22N2O3S/c1-12-19-10-14(24-12)11-20(4)17(21)18(2,3)13-5-6-15-16(9-13)23-8-7-22-15/h5-6,9-10H,7-8,11H2,1-4H3. The zero-order valence-electron chi connectivity index (χ0n) is 14.5. The molecule has 0 saturated carbocycles. The van der Waals surface area contributed by atoms with Crippen LogP contribution in [0.15, 0.2) is 24.4 Å². The van der Waals surface area contributed by atoms with Crippen LogP contribution in [0.1, 0.15) is 29.3 Å². The minimum absolute atomic E-state index is 0.0604. The number of aromatic nitrogens is 1. The minimum Gasteiger partial charge on any atom is -0.486 e. The predicted octanol–water partition coefficient (Wildman–Crippen LogP) is 3.16. The predicted molar refractivity (Wildman–Crippen MR) is 93.8 cm³/mol. The summed E-state index contributed by atoms with van der Waals surface area (Å²) in [5.41, 5.74) is 0.272. The Balaban J connectivity index is 1.79. The normalized spacial score (nSPS) is 13.7. The third-order valence-corrected chi connectivity index (χ3v) is 5.10. The first-order valence-corrected chi connectivity index (χ1v) is 8.76. The lowest BCUT2D eigenvalue weighted by atomic mass is 9.83. The van der Waals surface area contributed by atoms with Crippen LogP contribution in [0, 0.1) is 6.92 Å². The number of amides is 1. The quantitative estimate of drug-likeness (QED) is 0.853. The zero-order valence-corrected chi connectivity index (χ0v) is 15.3. The number of carbonyl (C=O) groups is 1. The molecule has 0 spiro atoms. The van der Waals surface area contributed by atoms with Crippen molar-refractivity contribution in [3.05, 3.63) is 39.8 Å². The third-order valence-electron chi connectivity index (χ3n) is 4.21. The number of hydrogen-bond donors (Lipinski definition) is 0. The van der Waals surface area contributed by atoms with Gasteiger partial charge in [0.25, 0.3) is 0 Å². The topological polar surface area (TPSA) is 51.7 Å². The third kappa shape index (κ3) is 3.24. The fourth-order valence-electron chi connectivity index (χ4n) is 2.82. The molecular weight excluding hydrogens is 324 g/mol. The van der Waals surface area contributed by atoms with Crippen LogP contribution in [0.3, 0.4) is 0 Å². The second kappa shape index (κ2) is 6.43. The summed E-state index contributed by atoms with van der Waals surface area (Å²) in [5.74, 6) is 1.51. The Bertz CT molecular complexity index is 754. The van der Waals surface area contributed by atoms with Crippen LogP contribution < -0.4 is 9.47 Å². The van der Waals surface area contributed by atoms with E-state index in [0.717, 1.165) is 21.2 Å². The van der Waals surface area contributed by atoms with Gasteiger partial charge in [0.1, 0.15) is 13.2 Å². The molecule has 1 aromatic heterocycles. The van der Waals surface area contributed by atoms with Crippen LogP contribution in [0.5, 0.6) is 11.5 Å². The van der Waals surface area contributed by atoms with Crippen molar-refractivity contribution in [2.45, 2.75) is 32.7 Å². The number of fused-ring (bicyclic) bond motifs is 1. The summed E-state index contributed by atoms with van der Waals surface area (Å²) in [6.07, 6.45) is 1.83. The average Bonchev–Trinajstić information content (AvgIpc) is 2.98. The van der Waals surface area contributed by atoms with Crippen molar-refractivity contribution >= 4 is 17.2 Å². The molecule has 0 aliphatic carbocycles. The van der Waals surface area contributed by atoms with Crippen LogP contribution in [-0.4, -0.2) is 36.1 Å². The minimum atomic E-state index is -0.648. The number of nitrogens with zero attached hydrogens (tertiary/aromatic N) is 2. The molecule has 0 N–H and O–H groups in total. The maximum atomic E-state index is 13.0. The molecule has 1 aliphatic rings. The van der Waals surface area contributed by atoms with Crippen LogP contribution in [0.25, 0.3) is 0 Å². The molecule has 5 nitrogen and oxygen atoms in total. The Hall–Kier alpha value is -2.08. The summed E-state index contributed by atoms with van der Waals surface area (Å²) in [6.45, 7) is 7.51. The van der Waals surface area contributed by atoms with Crippen molar-refractivity contribution in [1.82, 2.24) is 9.88 Å². The van der Waals surface area contributed by atoms with Crippen molar-refractivity contribution in [3.63, 3.8) is 0 Å². The Kier molecular flexibility index (Phi) is 4.49. The zero-order chi connectivity index (χ0) is 17.3. The molecule has 128 valence electrons. The van der Waals surface area contributed by atoms with Gasteiger partial charge in [-0.3, -0.25) is 4.79 Å². The number of hydrogen-bond acceptors (Lipinski definition) is 5. The summed E-state index contributed by atoms with van der Waals surface area (Å²) in [4.78, 5) is 20.1. The van der Waals surface area contributed by atoms with Gasteiger partial charge in [0, 0.05) is 18.1 Å². The van der Waals surface area contributed by atoms with E-state index in [1.165, 1.54) is 0 Å². The van der Waals surface area contributed by atoms with E-state index >= 15 is 0 Å². The highest BCUT2D eigenvalue weighted by atomic mass is 32.1. The van der Waals surface area contributed by atoms with Gasteiger partial charge >= 0.3 is 0 Å². The van der Waals surface area contributed by atoms with Crippen LogP contribution in [0.4, 0.5) is 0 Å². The molecule has 0 bridgehead atoms. The van der Waals surface area contributed by atoms with Crippen molar-refractivity contribution in [2.24, 2.45) is 0 Å². The first-order chi connectivity index (χ1) is 11.4. The Morgan fingerprint density at radius 1 is 1.29 bits per heavy atom. The number of carbonyl (C=O) groups excluding carboxylic acids is 1. The highest BCUT2D eigenvalue weighted by Gasteiger charge is 2.33. The van der Waals surface area contributed by atoms with E-state index in [-0.39, 0.29) is 5.91 Å². The van der Waals surface area contributed by atoms with Gasteiger partial charge in [-0.25, -0.2) is 4.98 Å². The second-order valence-electron chi connectivity index (χ2n) is 6.49.